The third kappa shape index (κ3) is 3.08. The second-order valence-electron chi connectivity index (χ2n) is 6.03. The van der Waals surface area contributed by atoms with Gasteiger partial charge in [0, 0.05) is 37.8 Å². The van der Waals surface area contributed by atoms with Crippen LogP contribution in [0.5, 0.6) is 0 Å². The average molecular weight is 315 g/mol. The molecule has 1 aliphatic carbocycles. The molecule has 1 N–H and O–H groups in total. The summed E-state index contributed by atoms with van der Waals surface area (Å²) < 4.78 is 28.2. The first kappa shape index (κ1) is 15.2. The SMILES string of the molecule is Fc1ccc(F)c([C@H](C2CCCC2)N2CCNCC2)c1Cl. The molecule has 2 nitrogen and oxygen atoms in total. The summed E-state index contributed by atoms with van der Waals surface area (Å²) in [5.74, 6) is -0.528. The van der Waals surface area contributed by atoms with Crippen LogP contribution in [0.4, 0.5) is 8.78 Å². The summed E-state index contributed by atoms with van der Waals surface area (Å²) in [4.78, 5) is 2.27. The molecule has 0 unspecified atom stereocenters. The highest BCUT2D eigenvalue weighted by Gasteiger charge is 2.35. The van der Waals surface area contributed by atoms with E-state index >= 15 is 0 Å². The zero-order valence-corrected chi connectivity index (χ0v) is 12.8. The maximum Gasteiger partial charge on any atom is 0.142 e. The van der Waals surface area contributed by atoms with Crippen LogP contribution in [0.15, 0.2) is 12.1 Å². The summed E-state index contributed by atoms with van der Waals surface area (Å²) >= 11 is 6.13. The topological polar surface area (TPSA) is 15.3 Å². The van der Waals surface area contributed by atoms with E-state index in [2.05, 4.69) is 10.2 Å². The maximum absolute atomic E-state index is 14.4. The molecule has 21 heavy (non-hydrogen) atoms. The van der Waals surface area contributed by atoms with Gasteiger partial charge in [-0.2, -0.15) is 0 Å². The van der Waals surface area contributed by atoms with E-state index in [1.54, 1.807) is 0 Å². The lowest BCUT2D eigenvalue weighted by molar-refractivity contribution is 0.122. The summed E-state index contributed by atoms with van der Waals surface area (Å²) in [6.45, 7) is 3.48. The molecule has 1 heterocycles. The molecule has 1 aromatic rings. The third-order valence-corrected chi connectivity index (χ3v) is 5.15. The Kier molecular flexibility index (Phi) is 4.77. The fraction of sp³-hybridized carbons (Fsp3) is 0.625. The lowest BCUT2D eigenvalue weighted by Gasteiger charge is -2.39. The quantitative estimate of drug-likeness (QED) is 0.855. The smallest absolute Gasteiger partial charge is 0.142 e. The predicted octanol–water partition coefficient (Wildman–Crippen LogP) is 3.75. The number of halogens is 3. The van der Waals surface area contributed by atoms with Crippen LogP contribution >= 0.6 is 11.6 Å². The molecule has 1 aliphatic heterocycles. The summed E-state index contributed by atoms with van der Waals surface area (Å²) in [6, 6.07) is 2.23. The first-order valence-corrected chi connectivity index (χ1v) is 8.14. The Bertz CT molecular complexity index is 497. The highest BCUT2D eigenvalue weighted by atomic mass is 35.5. The van der Waals surface area contributed by atoms with Crippen LogP contribution in [0.1, 0.15) is 37.3 Å². The van der Waals surface area contributed by atoms with Crippen molar-refractivity contribution >= 4 is 11.6 Å². The minimum atomic E-state index is -0.522. The zero-order valence-electron chi connectivity index (χ0n) is 12.0. The molecular weight excluding hydrogens is 294 g/mol. The molecule has 1 saturated carbocycles. The monoisotopic (exact) mass is 314 g/mol. The van der Waals surface area contributed by atoms with Gasteiger partial charge in [-0.15, -0.1) is 0 Å². The van der Waals surface area contributed by atoms with Gasteiger partial charge in [-0.3, -0.25) is 4.90 Å². The minimum absolute atomic E-state index is 0.0366. The van der Waals surface area contributed by atoms with Crippen molar-refractivity contribution in [2.75, 3.05) is 26.2 Å². The number of benzene rings is 1. The van der Waals surface area contributed by atoms with Crippen LogP contribution in [-0.2, 0) is 0 Å². The Morgan fingerprint density at radius 2 is 1.71 bits per heavy atom. The predicted molar refractivity (Wildman–Crippen MR) is 80.5 cm³/mol. The van der Waals surface area contributed by atoms with Crippen molar-refractivity contribution < 1.29 is 8.78 Å². The standard InChI is InChI=1S/C16H21ClF2N2/c17-15-13(19)6-5-12(18)14(15)16(11-3-1-2-4-11)21-9-7-20-8-10-21/h5-6,11,16,20H,1-4,7-10H2/t16-/m0/s1. The van der Waals surface area contributed by atoms with Crippen molar-refractivity contribution in [3.8, 4) is 0 Å². The highest BCUT2D eigenvalue weighted by molar-refractivity contribution is 6.31. The maximum atomic E-state index is 14.4. The van der Waals surface area contributed by atoms with E-state index in [4.69, 9.17) is 11.6 Å². The summed E-state index contributed by atoms with van der Waals surface area (Å²) in [5.41, 5.74) is 0.366. The van der Waals surface area contributed by atoms with E-state index < -0.39 is 5.82 Å². The van der Waals surface area contributed by atoms with E-state index in [-0.39, 0.29) is 16.9 Å². The van der Waals surface area contributed by atoms with Crippen molar-refractivity contribution in [3.05, 3.63) is 34.4 Å². The Balaban J connectivity index is 1.99. The molecular formula is C16H21ClF2N2. The third-order valence-electron chi connectivity index (χ3n) is 4.77. The molecule has 0 bridgehead atoms. The van der Waals surface area contributed by atoms with Gasteiger partial charge in [-0.05, 0) is 30.9 Å². The van der Waals surface area contributed by atoms with Gasteiger partial charge >= 0.3 is 0 Å². The fourth-order valence-corrected chi connectivity index (χ4v) is 4.03. The Morgan fingerprint density at radius 1 is 1.10 bits per heavy atom. The lowest BCUT2D eigenvalue weighted by Crippen LogP contribution is -2.47. The Hall–Kier alpha value is -0.710. The molecule has 5 heteroatoms. The molecule has 0 aromatic heterocycles. The van der Waals surface area contributed by atoms with Crippen molar-refractivity contribution in [1.29, 1.82) is 0 Å². The van der Waals surface area contributed by atoms with Gasteiger partial charge in [-0.1, -0.05) is 24.4 Å². The molecule has 2 aliphatic rings. The second-order valence-corrected chi connectivity index (χ2v) is 6.41. The van der Waals surface area contributed by atoms with Gasteiger partial charge in [-0.25, -0.2) is 8.78 Å². The van der Waals surface area contributed by atoms with E-state index in [1.165, 1.54) is 18.9 Å². The van der Waals surface area contributed by atoms with Gasteiger partial charge in [0.15, 0.2) is 0 Å². The van der Waals surface area contributed by atoms with Crippen LogP contribution in [0.3, 0.4) is 0 Å². The molecule has 1 saturated heterocycles. The number of piperazine rings is 1. The molecule has 1 atom stereocenters. The zero-order chi connectivity index (χ0) is 14.8. The first-order chi connectivity index (χ1) is 10.2. The van der Waals surface area contributed by atoms with E-state index in [0.717, 1.165) is 45.1 Å². The van der Waals surface area contributed by atoms with Crippen LogP contribution < -0.4 is 5.32 Å². The van der Waals surface area contributed by atoms with Crippen LogP contribution in [0.25, 0.3) is 0 Å². The summed E-state index contributed by atoms with van der Waals surface area (Å²) in [5, 5.41) is 3.27. The number of hydrogen-bond donors (Lipinski definition) is 1. The van der Waals surface area contributed by atoms with E-state index in [0.29, 0.717) is 11.5 Å². The number of rotatable bonds is 3. The van der Waals surface area contributed by atoms with E-state index in [9.17, 15) is 8.78 Å². The van der Waals surface area contributed by atoms with E-state index in [1.807, 2.05) is 0 Å². The van der Waals surface area contributed by atoms with Crippen molar-refractivity contribution in [1.82, 2.24) is 10.2 Å². The summed E-state index contributed by atoms with van der Waals surface area (Å²) in [7, 11) is 0. The average Bonchev–Trinajstić information content (AvgIpc) is 3.02. The Labute approximate surface area is 129 Å². The molecule has 2 fully saturated rings. The molecule has 3 rings (SSSR count). The van der Waals surface area contributed by atoms with Gasteiger partial charge in [0.1, 0.15) is 11.6 Å². The Morgan fingerprint density at radius 3 is 2.38 bits per heavy atom. The van der Waals surface area contributed by atoms with Crippen molar-refractivity contribution in [2.24, 2.45) is 5.92 Å². The molecule has 0 amide bonds. The van der Waals surface area contributed by atoms with Gasteiger partial charge in [0.2, 0.25) is 0 Å². The number of hydrogen-bond acceptors (Lipinski definition) is 2. The van der Waals surface area contributed by atoms with Gasteiger partial charge in [0.05, 0.1) is 5.02 Å². The van der Waals surface area contributed by atoms with Crippen LogP contribution in [0.2, 0.25) is 5.02 Å². The first-order valence-electron chi connectivity index (χ1n) is 7.76. The van der Waals surface area contributed by atoms with Crippen LogP contribution in [-0.4, -0.2) is 31.1 Å². The van der Waals surface area contributed by atoms with Crippen molar-refractivity contribution in [2.45, 2.75) is 31.7 Å². The summed E-state index contributed by atoms with van der Waals surface area (Å²) in [6.07, 6.45) is 4.48. The highest BCUT2D eigenvalue weighted by Crippen LogP contribution is 2.43. The molecule has 116 valence electrons. The normalized spacial score (nSPS) is 22.6. The molecule has 0 radical (unpaired) electrons. The molecule has 1 aromatic carbocycles. The van der Waals surface area contributed by atoms with Crippen molar-refractivity contribution in [3.63, 3.8) is 0 Å². The number of nitrogens with one attached hydrogen (secondary N) is 1. The largest absolute Gasteiger partial charge is 0.314 e. The van der Waals surface area contributed by atoms with Crippen LogP contribution in [0, 0.1) is 17.6 Å². The second kappa shape index (κ2) is 6.59. The fourth-order valence-electron chi connectivity index (χ4n) is 3.76. The van der Waals surface area contributed by atoms with Gasteiger partial charge in [0.25, 0.3) is 0 Å². The van der Waals surface area contributed by atoms with Gasteiger partial charge < -0.3 is 5.32 Å². The number of nitrogens with zero attached hydrogens (tertiary/aromatic N) is 1. The molecule has 0 spiro atoms. The minimum Gasteiger partial charge on any atom is -0.314 e. The lowest BCUT2D eigenvalue weighted by atomic mass is 9.89.